The molecule has 1 aromatic rings. The number of hydrogen-bond acceptors (Lipinski definition) is 9. The molecule has 0 bridgehead atoms. The number of piperazine rings is 1. The third kappa shape index (κ3) is 7.92. The number of anilines is 1. The number of amidine groups is 1. The van der Waals surface area contributed by atoms with Crippen molar-refractivity contribution in [3.63, 3.8) is 0 Å². The Kier molecular flexibility index (Phi) is 9.99. The van der Waals surface area contributed by atoms with Gasteiger partial charge in [0, 0.05) is 57.1 Å². The summed E-state index contributed by atoms with van der Waals surface area (Å²) < 4.78 is 10.9. The lowest BCUT2D eigenvalue weighted by molar-refractivity contribution is -0.148. The Bertz CT molecular complexity index is 1060. The van der Waals surface area contributed by atoms with Crippen LogP contribution in [0.4, 0.5) is 10.5 Å². The van der Waals surface area contributed by atoms with Gasteiger partial charge < -0.3 is 24.8 Å². The largest absolute Gasteiger partial charge is 0.481 e. The van der Waals surface area contributed by atoms with Gasteiger partial charge in [0.15, 0.2) is 0 Å². The second-order valence-electron chi connectivity index (χ2n) is 11.2. The zero-order valence-corrected chi connectivity index (χ0v) is 23.7. The van der Waals surface area contributed by atoms with E-state index in [2.05, 4.69) is 15.1 Å². The number of piperidine rings is 1. The minimum Gasteiger partial charge on any atom is -0.481 e. The number of esters is 1. The molecule has 12 heteroatoms. The van der Waals surface area contributed by atoms with E-state index in [1.807, 2.05) is 37.9 Å². The Hall–Kier alpha value is -3.22. The van der Waals surface area contributed by atoms with E-state index in [4.69, 9.17) is 14.9 Å². The predicted octanol–water partition coefficient (Wildman–Crippen LogP) is 1.64. The molecule has 3 aliphatic heterocycles. The number of nitrogens with one attached hydrogen (secondary N) is 2. The van der Waals surface area contributed by atoms with E-state index in [0.29, 0.717) is 56.7 Å². The molecular weight excluding hydrogens is 516 g/mol. The normalized spacial score (nSPS) is 24.6. The van der Waals surface area contributed by atoms with Crippen LogP contribution in [0.2, 0.25) is 0 Å². The highest BCUT2D eigenvalue weighted by atomic mass is 16.6. The summed E-state index contributed by atoms with van der Waals surface area (Å²) in [5.74, 6) is -1.16. The number of benzene rings is 1. The molecule has 3 unspecified atom stereocenters. The SMILES string of the molecule is CC(C)OC(=O)CCN1CCN(CC2CN(c3ccc(C(=N)NC4CC(C(=O)O)CCN4C)cc3)C(=O)O2)CC1. The van der Waals surface area contributed by atoms with Gasteiger partial charge in [-0.05, 0) is 58.0 Å². The first-order valence-electron chi connectivity index (χ1n) is 14.1. The van der Waals surface area contributed by atoms with Crippen LogP contribution in [0.3, 0.4) is 0 Å². The van der Waals surface area contributed by atoms with Crippen LogP contribution in [0, 0.1) is 11.3 Å². The molecule has 1 aromatic carbocycles. The first kappa shape index (κ1) is 29.8. The molecule has 3 fully saturated rings. The van der Waals surface area contributed by atoms with Gasteiger partial charge in [0.05, 0.1) is 31.2 Å². The second kappa shape index (κ2) is 13.4. The second-order valence-corrected chi connectivity index (χ2v) is 11.2. The first-order valence-corrected chi connectivity index (χ1v) is 14.1. The van der Waals surface area contributed by atoms with Gasteiger partial charge >= 0.3 is 18.0 Å². The number of rotatable bonds is 10. The number of amides is 1. The highest BCUT2D eigenvalue weighted by Crippen LogP contribution is 2.24. The minimum absolute atomic E-state index is 0.0923. The molecule has 220 valence electrons. The molecule has 3 saturated heterocycles. The first-order chi connectivity index (χ1) is 19.1. The average molecular weight is 559 g/mol. The number of aliphatic carboxylic acids is 1. The zero-order chi connectivity index (χ0) is 28.8. The maximum Gasteiger partial charge on any atom is 0.414 e. The Balaban J connectivity index is 1.22. The van der Waals surface area contributed by atoms with E-state index >= 15 is 0 Å². The Labute approximate surface area is 235 Å². The van der Waals surface area contributed by atoms with Gasteiger partial charge in [-0.25, -0.2) is 4.79 Å². The molecule has 3 heterocycles. The van der Waals surface area contributed by atoms with Crippen LogP contribution in [0.1, 0.15) is 38.7 Å². The Morgan fingerprint density at radius 1 is 1.12 bits per heavy atom. The lowest BCUT2D eigenvalue weighted by Crippen LogP contribution is -2.51. The molecule has 0 radical (unpaired) electrons. The summed E-state index contributed by atoms with van der Waals surface area (Å²) in [6.07, 6.45) is 0.511. The summed E-state index contributed by atoms with van der Waals surface area (Å²) in [5, 5.41) is 21.0. The monoisotopic (exact) mass is 558 g/mol. The molecular formula is C28H42N6O6. The van der Waals surface area contributed by atoms with Gasteiger partial charge in [-0.2, -0.15) is 0 Å². The number of likely N-dealkylation sites (tertiary alicyclic amines) is 1. The van der Waals surface area contributed by atoms with Gasteiger partial charge in [0.2, 0.25) is 0 Å². The summed E-state index contributed by atoms with van der Waals surface area (Å²) in [4.78, 5) is 44.0. The van der Waals surface area contributed by atoms with E-state index < -0.39 is 11.9 Å². The van der Waals surface area contributed by atoms with Crippen LogP contribution in [0.15, 0.2) is 24.3 Å². The molecule has 1 amide bonds. The highest BCUT2D eigenvalue weighted by molar-refractivity contribution is 5.97. The van der Waals surface area contributed by atoms with Crippen LogP contribution >= 0.6 is 0 Å². The number of carboxylic acid groups (broad SMARTS) is 1. The summed E-state index contributed by atoms with van der Waals surface area (Å²) in [6.45, 7) is 9.57. The van der Waals surface area contributed by atoms with Crippen molar-refractivity contribution in [2.24, 2.45) is 5.92 Å². The lowest BCUT2D eigenvalue weighted by atomic mass is 9.94. The molecule has 4 rings (SSSR count). The molecule has 12 nitrogen and oxygen atoms in total. The number of carboxylic acids is 1. The van der Waals surface area contributed by atoms with Crippen molar-refractivity contribution in [2.45, 2.75) is 51.5 Å². The third-order valence-electron chi connectivity index (χ3n) is 7.80. The maximum atomic E-state index is 12.6. The number of nitrogens with zero attached hydrogens (tertiary/aromatic N) is 4. The van der Waals surface area contributed by atoms with Crippen LogP contribution < -0.4 is 10.2 Å². The van der Waals surface area contributed by atoms with Crippen molar-refractivity contribution in [1.29, 1.82) is 5.41 Å². The maximum absolute atomic E-state index is 12.6. The van der Waals surface area contributed by atoms with Crippen molar-refractivity contribution >= 4 is 29.6 Å². The van der Waals surface area contributed by atoms with Gasteiger partial charge in [-0.1, -0.05) is 0 Å². The molecule has 0 saturated carbocycles. The summed E-state index contributed by atoms with van der Waals surface area (Å²) in [5.41, 5.74) is 1.37. The summed E-state index contributed by atoms with van der Waals surface area (Å²) in [6, 6.07) is 7.20. The lowest BCUT2D eigenvalue weighted by Gasteiger charge is -2.36. The van der Waals surface area contributed by atoms with Crippen molar-refractivity contribution in [3.8, 4) is 0 Å². The molecule has 0 aromatic heterocycles. The van der Waals surface area contributed by atoms with Crippen molar-refractivity contribution in [2.75, 3.05) is 64.3 Å². The van der Waals surface area contributed by atoms with Crippen molar-refractivity contribution in [3.05, 3.63) is 29.8 Å². The smallest absolute Gasteiger partial charge is 0.414 e. The van der Waals surface area contributed by atoms with Gasteiger partial charge in [0.25, 0.3) is 0 Å². The van der Waals surface area contributed by atoms with E-state index in [-0.39, 0.29) is 36.3 Å². The quantitative estimate of drug-likeness (QED) is 0.221. The topological polar surface area (TPSA) is 139 Å². The van der Waals surface area contributed by atoms with E-state index in [9.17, 15) is 19.5 Å². The zero-order valence-electron chi connectivity index (χ0n) is 23.7. The van der Waals surface area contributed by atoms with Gasteiger partial charge in [-0.3, -0.25) is 29.7 Å². The molecule has 40 heavy (non-hydrogen) atoms. The highest BCUT2D eigenvalue weighted by Gasteiger charge is 2.34. The third-order valence-corrected chi connectivity index (χ3v) is 7.80. The van der Waals surface area contributed by atoms with E-state index in [1.54, 1.807) is 17.0 Å². The van der Waals surface area contributed by atoms with Crippen LogP contribution in [-0.2, 0) is 19.1 Å². The predicted molar refractivity (Wildman–Crippen MR) is 150 cm³/mol. The fourth-order valence-electron chi connectivity index (χ4n) is 5.42. The van der Waals surface area contributed by atoms with Crippen LogP contribution in [-0.4, -0.2) is 121 Å². The molecule has 0 spiro atoms. The molecule has 3 atom stereocenters. The Morgan fingerprint density at radius 2 is 1.80 bits per heavy atom. The van der Waals surface area contributed by atoms with Crippen molar-refractivity contribution in [1.82, 2.24) is 20.0 Å². The van der Waals surface area contributed by atoms with Crippen molar-refractivity contribution < 1.29 is 29.0 Å². The van der Waals surface area contributed by atoms with Gasteiger partial charge in [-0.15, -0.1) is 0 Å². The van der Waals surface area contributed by atoms with E-state index in [1.165, 1.54) is 0 Å². The standard InChI is InChI=1S/C28H42N6O6/c1-19(2)39-25(35)9-11-32-12-14-33(15-13-32)17-23-18-34(28(38)40-23)22-6-4-20(5-7-22)26(29)30-24-16-21(27(36)37)8-10-31(24)3/h4-7,19,21,23-24H,8-18H2,1-3H3,(H2,29,30)(H,36,37). The average Bonchev–Trinajstić information content (AvgIpc) is 3.28. The number of carbonyl (C=O) groups excluding carboxylic acids is 2. The van der Waals surface area contributed by atoms with Crippen LogP contribution in [0.25, 0.3) is 0 Å². The fraction of sp³-hybridized carbons (Fsp3) is 0.643. The molecule has 3 N–H and O–H groups in total. The Morgan fingerprint density at radius 3 is 2.45 bits per heavy atom. The van der Waals surface area contributed by atoms with Crippen LogP contribution in [0.5, 0.6) is 0 Å². The number of cyclic esters (lactones) is 1. The number of hydrogen-bond donors (Lipinski definition) is 3. The molecule has 0 aliphatic carbocycles. The van der Waals surface area contributed by atoms with E-state index in [0.717, 1.165) is 26.2 Å². The number of carbonyl (C=O) groups is 3. The van der Waals surface area contributed by atoms with Gasteiger partial charge in [0.1, 0.15) is 11.9 Å². The fourth-order valence-corrected chi connectivity index (χ4v) is 5.42. The molecule has 3 aliphatic rings. The minimum atomic E-state index is -0.797. The number of ether oxygens (including phenoxy) is 2. The summed E-state index contributed by atoms with van der Waals surface area (Å²) in [7, 11) is 1.92. The summed E-state index contributed by atoms with van der Waals surface area (Å²) >= 11 is 0.